The van der Waals surface area contributed by atoms with Gasteiger partial charge in [-0.3, -0.25) is 4.79 Å². The van der Waals surface area contributed by atoms with E-state index in [0.29, 0.717) is 45.0 Å². The van der Waals surface area contributed by atoms with Crippen LogP contribution in [0.5, 0.6) is 11.5 Å². The monoisotopic (exact) mass is 516 g/mol. The Balaban J connectivity index is 1.55. The lowest BCUT2D eigenvalue weighted by Gasteiger charge is -2.14. The minimum atomic E-state index is -0.561. The number of fused-ring (bicyclic) bond motifs is 1. The number of amides is 1. The van der Waals surface area contributed by atoms with Crippen molar-refractivity contribution >= 4 is 51.6 Å². The minimum absolute atomic E-state index is 0.0997. The number of hydrogen-bond acceptors (Lipinski definition) is 4. The van der Waals surface area contributed by atoms with Crippen LogP contribution in [0.3, 0.4) is 0 Å². The Hall–Kier alpha value is -3.98. The highest BCUT2D eigenvalue weighted by molar-refractivity contribution is 6.32. The molecule has 0 bridgehead atoms. The fourth-order valence-corrected chi connectivity index (χ4v) is 4.14. The van der Waals surface area contributed by atoms with Crippen LogP contribution in [0.4, 0.5) is 5.69 Å². The van der Waals surface area contributed by atoms with Crippen LogP contribution in [0.25, 0.3) is 16.8 Å². The highest BCUT2D eigenvalue weighted by atomic mass is 35.5. The zero-order valence-electron chi connectivity index (χ0n) is 19.6. The van der Waals surface area contributed by atoms with Crippen molar-refractivity contribution in [1.82, 2.24) is 0 Å². The molecule has 0 radical (unpaired) electrons. The average Bonchev–Trinajstić information content (AvgIpc) is 2.88. The molecule has 5 nitrogen and oxygen atoms in total. The van der Waals surface area contributed by atoms with E-state index in [4.69, 9.17) is 32.7 Å². The number of hydrogen-bond donors (Lipinski definition) is 1. The topological polar surface area (TPSA) is 71.3 Å². The number of nitrogens with zero attached hydrogens (tertiary/aromatic N) is 1. The van der Waals surface area contributed by atoms with E-state index >= 15 is 0 Å². The summed E-state index contributed by atoms with van der Waals surface area (Å²) in [6.07, 6.45) is 1.44. The molecule has 0 fully saturated rings. The Morgan fingerprint density at radius 2 is 1.78 bits per heavy atom. The second-order valence-corrected chi connectivity index (χ2v) is 8.86. The zero-order valence-corrected chi connectivity index (χ0v) is 21.2. The molecule has 1 N–H and O–H groups in total. The molecule has 0 unspecified atom stereocenters. The Morgan fingerprint density at radius 1 is 1.00 bits per heavy atom. The lowest BCUT2D eigenvalue weighted by atomic mass is 10.1. The van der Waals surface area contributed by atoms with E-state index in [1.54, 1.807) is 37.3 Å². The number of anilines is 1. The van der Waals surface area contributed by atoms with E-state index in [1.807, 2.05) is 36.4 Å². The lowest BCUT2D eigenvalue weighted by Crippen LogP contribution is -2.14. The fourth-order valence-electron chi connectivity index (χ4n) is 3.70. The SMILES string of the molecule is COc1cc(/C=C(\C#N)C(=O)Nc2cccc(Cl)c2C)cc(Cl)c1OCc1ccc2ccccc2c1. The summed E-state index contributed by atoms with van der Waals surface area (Å²) in [5.41, 5.74) is 2.64. The van der Waals surface area contributed by atoms with Gasteiger partial charge in [0.05, 0.1) is 12.1 Å². The maximum atomic E-state index is 12.7. The van der Waals surface area contributed by atoms with Crippen molar-refractivity contribution in [2.75, 3.05) is 12.4 Å². The number of methoxy groups -OCH3 is 1. The molecular formula is C29H22Cl2N2O3. The number of nitriles is 1. The highest BCUT2D eigenvalue weighted by Crippen LogP contribution is 2.37. The summed E-state index contributed by atoms with van der Waals surface area (Å²) in [7, 11) is 1.50. The Kier molecular flexibility index (Phi) is 7.80. The van der Waals surface area contributed by atoms with Crippen LogP contribution >= 0.6 is 23.2 Å². The number of benzene rings is 4. The predicted octanol–water partition coefficient (Wildman–Crippen LogP) is 7.59. The molecule has 0 aliphatic heterocycles. The van der Waals surface area contributed by atoms with E-state index in [1.165, 1.54) is 13.2 Å². The molecule has 4 rings (SSSR count). The zero-order chi connectivity index (χ0) is 25.7. The van der Waals surface area contributed by atoms with Crippen molar-refractivity contribution in [2.24, 2.45) is 0 Å². The van der Waals surface area contributed by atoms with Crippen LogP contribution in [0, 0.1) is 18.3 Å². The predicted molar refractivity (Wildman–Crippen MR) is 145 cm³/mol. The number of ether oxygens (including phenoxy) is 2. The third kappa shape index (κ3) is 5.63. The summed E-state index contributed by atoms with van der Waals surface area (Å²) >= 11 is 12.6. The molecular weight excluding hydrogens is 495 g/mol. The van der Waals surface area contributed by atoms with Crippen LogP contribution < -0.4 is 14.8 Å². The summed E-state index contributed by atoms with van der Waals surface area (Å²) in [5, 5.41) is 15.4. The number of carbonyl (C=O) groups is 1. The van der Waals surface area contributed by atoms with Gasteiger partial charge in [0.2, 0.25) is 0 Å². The Bertz CT molecular complexity index is 1520. The van der Waals surface area contributed by atoms with E-state index in [-0.39, 0.29) is 5.57 Å². The summed E-state index contributed by atoms with van der Waals surface area (Å²) in [6.45, 7) is 2.08. The number of halogens is 2. The van der Waals surface area contributed by atoms with Crippen molar-refractivity contribution < 1.29 is 14.3 Å². The molecule has 4 aromatic carbocycles. The van der Waals surface area contributed by atoms with Crippen LogP contribution in [-0.4, -0.2) is 13.0 Å². The van der Waals surface area contributed by atoms with Gasteiger partial charge in [-0.2, -0.15) is 5.26 Å². The van der Waals surface area contributed by atoms with Crippen molar-refractivity contribution in [3.8, 4) is 17.6 Å². The molecule has 0 aliphatic rings. The average molecular weight is 517 g/mol. The van der Waals surface area contributed by atoms with Gasteiger partial charge in [-0.15, -0.1) is 0 Å². The number of carbonyl (C=O) groups excluding carboxylic acids is 1. The molecule has 1 amide bonds. The van der Waals surface area contributed by atoms with Gasteiger partial charge in [-0.05, 0) is 70.8 Å². The first-order valence-electron chi connectivity index (χ1n) is 11.1. The molecule has 0 atom stereocenters. The molecule has 4 aromatic rings. The second kappa shape index (κ2) is 11.2. The van der Waals surface area contributed by atoms with Gasteiger partial charge in [0, 0.05) is 10.7 Å². The maximum Gasteiger partial charge on any atom is 0.266 e. The molecule has 0 heterocycles. The Labute approximate surface area is 219 Å². The summed E-state index contributed by atoms with van der Waals surface area (Å²) < 4.78 is 11.5. The van der Waals surface area contributed by atoms with Gasteiger partial charge >= 0.3 is 0 Å². The largest absolute Gasteiger partial charge is 0.493 e. The fraction of sp³-hybridized carbons (Fsp3) is 0.103. The first-order chi connectivity index (χ1) is 17.4. The molecule has 36 heavy (non-hydrogen) atoms. The van der Waals surface area contributed by atoms with Crippen molar-refractivity contribution in [3.05, 3.63) is 105 Å². The van der Waals surface area contributed by atoms with Crippen LogP contribution in [0.15, 0.2) is 78.4 Å². The third-order valence-corrected chi connectivity index (χ3v) is 6.33. The van der Waals surface area contributed by atoms with Gasteiger partial charge in [-0.25, -0.2) is 0 Å². The minimum Gasteiger partial charge on any atom is -0.493 e. The number of rotatable bonds is 7. The van der Waals surface area contributed by atoms with E-state index in [2.05, 4.69) is 17.4 Å². The van der Waals surface area contributed by atoms with Crippen LogP contribution in [0.2, 0.25) is 10.0 Å². The van der Waals surface area contributed by atoms with Gasteiger partial charge in [0.1, 0.15) is 18.2 Å². The van der Waals surface area contributed by atoms with Gasteiger partial charge in [0.25, 0.3) is 5.91 Å². The normalized spacial score (nSPS) is 11.1. The standard InChI is InChI=1S/C29H22Cl2N2O3/c1-18-24(30)8-5-9-26(18)33-29(34)23(16-32)13-20-14-25(31)28(27(15-20)35-2)36-17-19-10-11-21-6-3-4-7-22(21)12-19/h3-15H,17H2,1-2H3,(H,33,34)/b23-13+. The summed E-state index contributed by atoms with van der Waals surface area (Å²) in [6, 6.07) is 24.6. The number of nitrogens with one attached hydrogen (secondary N) is 1. The second-order valence-electron chi connectivity index (χ2n) is 8.04. The van der Waals surface area contributed by atoms with Crippen LogP contribution in [0.1, 0.15) is 16.7 Å². The quantitative estimate of drug-likeness (QED) is 0.203. The molecule has 0 saturated heterocycles. The molecule has 0 aromatic heterocycles. The molecule has 7 heteroatoms. The molecule has 0 saturated carbocycles. The Morgan fingerprint density at radius 3 is 2.53 bits per heavy atom. The van der Waals surface area contributed by atoms with Crippen molar-refractivity contribution in [3.63, 3.8) is 0 Å². The maximum absolute atomic E-state index is 12.7. The van der Waals surface area contributed by atoms with E-state index in [9.17, 15) is 10.1 Å². The molecule has 180 valence electrons. The first kappa shape index (κ1) is 25.1. The van der Waals surface area contributed by atoms with E-state index in [0.717, 1.165) is 16.3 Å². The van der Waals surface area contributed by atoms with Gasteiger partial charge in [-0.1, -0.05) is 65.7 Å². The lowest BCUT2D eigenvalue weighted by molar-refractivity contribution is -0.112. The summed E-state index contributed by atoms with van der Waals surface area (Å²) in [4.78, 5) is 12.7. The highest BCUT2D eigenvalue weighted by Gasteiger charge is 2.15. The van der Waals surface area contributed by atoms with Crippen molar-refractivity contribution in [2.45, 2.75) is 13.5 Å². The molecule has 0 aliphatic carbocycles. The van der Waals surface area contributed by atoms with Gasteiger partial charge in [0.15, 0.2) is 11.5 Å². The van der Waals surface area contributed by atoms with Crippen LogP contribution in [-0.2, 0) is 11.4 Å². The first-order valence-corrected chi connectivity index (χ1v) is 11.8. The van der Waals surface area contributed by atoms with E-state index < -0.39 is 5.91 Å². The molecule has 0 spiro atoms. The van der Waals surface area contributed by atoms with Gasteiger partial charge < -0.3 is 14.8 Å². The summed E-state index contributed by atoms with van der Waals surface area (Å²) in [5.74, 6) is 0.203. The van der Waals surface area contributed by atoms with Crippen molar-refractivity contribution in [1.29, 1.82) is 5.26 Å². The third-order valence-electron chi connectivity index (χ3n) is 5.64. The smallest absolute Gasteiger partial charge is 0.266 e.